The first-order chi connectivity index (χ1) is 16.8. The van der Waals surface area contributed by atoms with Crippen molar-refractivity contribution >= 4 is 27.3 Å². The van der Waals surface area contributed by atoms with Gasteiger partial charge in [0.05, 0.1) is 43.7 Å². The van der Waals surface area contributed by atoms with E-state index in [-0.39, 0.29) is 4.90 Å². The number of morpholine rings is 1. The number of likely N-dealkylation sites (N-methyl/N-ethyl adjacent to an activating group) is 1. The Kier molecular flexibility index (Phi) is 7.80. The minimum absolute atomic E-state index is 0.135. The molecule has 190 valence electrons. The highest BCUT2D eigenvalue weighted by atomic mass is 32.2. The molecule has 0 bridgehead atoms. The second-order valence-electron chi connectivity index (χ2n) is 8.54. The van der Waals surface area contributed by atoms with E-state index in [0.717, 1.165) is 31.9 Å². The smallest absolute Gasteiger partial charge is 0.255 e. The zero-order valence-corrected chi connectivity index (χ0v) is 21.1. The maximum atomic E-state index is 13.3. The molecule has 0 spiro atoms. The Morgan fingerprint density at radius 3 is 2.14 bits per heavy atom. The van der Waals surface area contributed by atoms with E-state index in [4.69, 9.17) is 14.2 Å². The van der Waals surface area contributed by atoms with Crippen molar-refractivity contribution in [2.75, 3.05) is 84.0 Å². The first-order valence-electron chi connectivity index (χ1n) is 11.5. The number of ether oxygens (including phenoxy) is 3. The molecule has 2 saturated heterocycles. The summed E-state index contributed by atoms with van der Waals surface area (Å²) in [6.07, 6.45) is 0. The van der Waals surface area contributed by atoms with Crippen LogP contribution in [0.2, 0.25) is 0 Å². The van der Waals surface area contributed by atoms with Gasteiger partial charge in [-0.05, 0) is 37.4 Å². The van der Waals surface area contributed by atoms with Gasteiger partial charge in [0.15, 0.2) is 0 Å². The van der Waals surface area contributed by atoms with Gasteiger partial charge in [-0.2, -0.15) is 4.31 Å². The van der Waals surface area contributed by atoms with Crippen molar-refractivity contribution in [2.45, 2.75) is 4.90 Å². The highest BCUT2D eigenvalue weighted by Crippen LogP contribution is 2.32. The summed E-state index contributed by atoms with van der Waals surface area (Å²) < 4.78 is 43.9. The molecule has 2 heterocycles. The Balaban J connectivity index is 1.69. The van der Waals surface area contributed by atoms with E-state index in [2.05, 4.69) is 22.2 Å². The van der Waals surface area contributed by atoms with E-state index in [0.29, 0.717) is 49.1 Å². The number of carbonyl (C=O) groups is 1. The largest absolute Gasteiger partial charge is 0.497 e. The van der Waals surface area contributed by atoms with Gasteiger partial charge in [0, 0.05) is 50.9 Å². The van der Waals surface area contributed by atoms with Crippen LogP contribution in [0, 0.1) is 0 Å². The molecule has 0 aliphatic carbocycles. The Bertz CT molecular complexity index is 1140. The Hall–Kier alpha value is -2.86. The van der Waals surface area contributed by atoms with Crippen molar-refractivity contribution in [1.29, 1.82) is 0 Å². The van der Waals surface area contributed by atoms with Crippen LogP contribution in [0.25, 0.3) is 0 Å². The van der Waals surface area contributed by atoms with E-state index >= 15 is 0 Å². The van der Waals surface area contributed by atoms with Crippen molar-refractivity contribution in [3.05, 3.63) is 42.0 Å². The van der Waals surface area contributed by atoms with E-state index in [9.17, 15) is 13.2 Å². The van der Waals surface area contributed by atoms with Gasteiger partial charge in [-0.1, -0.05) is 0 Å². The summed E-state index contributed by atoms with van der Waals surface area (Å²) in [6.45, 7) is 4.59. The van der Waals surface area contributed by atoms with Crippen LogP contribution in [0.4, 0.5) is 11.4 Å². The third-order valence-electron chi connectivity index (χ3n) is 6.28. The highest BCUT2D eigenvalue weighted by molar-refractivity contribution is 7.89. The lowest BCUT2D eigenvalue weighted by atomic mass is 10.1. The van der Waals surface area contributed by atoms with Gasteiger partial charge < -0.3 is 29.3 Å². The number of benzene rings is 2. The molecule has 11 heteroatoms. The normalized spacial score (nSPS) is 17.7. The number of hydrogen-bond donors (Lipinski definition) is 1. The molecule has 0 saturated carbocycles. The molecule has 2 aliphatic heterocycles. The lowest BCUT2D eigenvalue weighted by Gasteiger charge is -2.35. The summed E-state index contributed by atoms with van der Waals surface area (Å²) in [5, 5.41) is 2.94. The molecule has 0 unspecified atom stereocenters. The molecule has 1 N–H and O–H groups in total. The van der Waals surface area contributed by atoms with Crippen LogP contribution < -0.4 is 19.7 Å². The first kappa shape index (κ1) is 25.2. The van der Waals surface area contributed by atoms with Gasteiger partial charge in [-0.25, -0.2) is 8.42 Å². The number of nitrogens with one attached hydrogen (secondary N) is 1. The SMILES string of the molecule is COc1cc(OC)cc(C(=O)Nc2cc(S(=O)(=O)N3CCOCC3)ccc2N2CCN(C)CC2)c1. The molecule has 1 amide bonds. The van der Waals surface area contributed by atoms with Crippen LogP contribution in [0.15, 0.2) is 41.3 Å². The molecule has 0 atom stereocenters. The molecule has 2 aromatic carbocycles. The summed E-state index contributed by atoms with van der Waals surface area (Å²) in [7, 11) is 1.37. The molecule has 35 heavy (non-hydrogen) atoms. The Morgan fingerprint density at radius 1 is 0.914 bits per heavy atom. The van der Waals surface area contributed by atoms with Crippen LogP contribution in [0.3, 0.4) is 0 Å². The van der Waals surface area contributed by atoms with Crippen LogP contribution in [0.5, 0.6) is 11.5 Å². The van der Waals surface area contributed by atoms with Crippen LogP contribution in [-0.2, 0) is 14.8 Å². The van der Waals surface area contributed by atoms with Crippen LogP contribution in [-0.4, -0.2) is 97.3 Å². The monoisotopic (exact) mass is 504 g/mol. The van der Waals surface area contributed by atoms with E-state index in [1.54, 1.807) is 36.4 Å². The molecule has 2 fully saturated rings. The second-order valence-corrected chi connectivity index (χ2v) is 10.5. The van der Waals surface area contributed by atoms with Gasteiger partial charge in [0.25, 0.3) is 5.91 Å². The lowest BCUT2D eigenvalue weighted by molar-refractivity contribution is 0.0730. The van der Waals surface area contributed by atoms with E-state index in [1.165, 1.54) is 18.5 Å². The van der Waals surface area contributed by atoms with Gasteiger partial charge in [0.1, 0.15) is 11.5 Å². The molecule has 2 aromatic rings. The van der Waals surface area contributed by atoms with Gasteiger partial charge in [0.2, 0.25) is 10.0 Å². The molecule has 2 aliphatic rings. The molecular weight excluding hydrogens is 472 g/mol. The fraction of sp³-hybridized carbons (Fsp3) is 0.458. The van der Waals surface area contributed by atoms with Crippen molar-refractivity contribution in [1.82, 2.24) is 9.21 Å². The van der Waals surface area contributed by atoms with Crippen LogP contribution >= 0.6 is 0 Å². The maximum Gasteiger partial charge on any atom is 0.255 e. The molecule has 0 aromatic heterocycles. The maximum absolute atomic E-state index is 13.3. The van der Waals surface area contributed by atoms with Crippen molar-refractivity contribution in [3.63, 3.8) is 0 Å². The average Bonchev–Trinajstić information content (AvgIpc) is 2.89. The fourth-order valence-electron chi connectivity index (χ4n) is 4.17. The molecule has 0 radical (unpaired) electrons. The molecular formula is C24H32N4O6S. The average molecular weight is 505 g/mol. The van der Waals surface area contributed by atoms with E-state index in [1.807, 2.05) is 0 Å². The third kappa shape index (κ3) is 5.69. The Labute approximate surface area is 206 Å². The molecule has 4 rings (SSSR count). The van der Waals surface area contributed by atoms with Gasteiger partial charge in [-0.3, -0.25) is 4.79 Å². The summed E-state index contributed by atoms with van der Waals surface area (Å²) in [5.74, 6) is 0.577. The summed E-state index contributed by atoms with van der Waals surface area (Å²) >= 11 is 0. The number of methoxy groups -OCH3 is 2. The number of rotatable bonds is 7. The van der Waals surface area contributed by atoms with Gasteiger partial charge >= 0.3 is 0 Å². The highest BCUT2D eigenvalue weighted by Gasteiger charge is 2.28. The minimum atomic E-state index is -3.73. The number of sulfonamides is 1. The second kappa shape index (κ2) is 10.8. The number of piperazine rings is 1. The lowest BCUT2D eigenvalue weighted by Crippen LogP contribution is -2.44. The Morgan fingerprint density at radius 2 is 1.54 bits per heavy atom. The zero-order chi connectivity index (χ0) is 25.0. The minimum Gasteiger partial charge on any atom is -0.497 e. The molecule has 10 nitrogen and oxygen atoms in total. The third-order valence-corrected chi connectivity index (χ3v) is 8.18. The number of carbonyl (C=O) groups excluding carboxylic acids is 1. The predicted octanol–water partition coefficient (Wildman–Crippen LogP) is 1.73. The summed E-state index contributed by atoms with van der Waals surface area (Å²) in [5.41, 5.74) is 1.56. The van der Waals surface area contributed by atoms with Crippen molar-refractivity contribution in [3.8, 4) is 11.5 Å². The summed E-state index contributed by atoms with van der Waals surface area (Å²) in [4.78, 5) is 17.8. The fourth-order valence-corrected chi connectivity index (χ4v) is 5.60. The topological polar surface area (TPSA) is 101 Å². The number of hydrogen-bond acceptors (Lipinski definition) is 8. The zero-order valence-electron chi connectivity index (χ0n) is 20.3. The van der Waals surface area contributed by atoms with Crippen LogP contribution in [0.1, 0.15) is 10.4 Å². The standard InChI is InChI=1S/C24H32N4O6S/c1-26-6-8-27(9-7-26)23-5-4-21(35(30,31)28-10-12-34-13-11-28)17-22(23)25-24(29)18-14-19(32-2)16-20(15-18)33-3/h4-5,14-17H,6-13H2,1-3H3,(H,25,29). The number of nitrogens with zero attached hydrogens (tertiary/aromatic N) is 3. The number of anilines is 2. The summed E-state index contributed by atoms with van der Waals surface area (Å²) in [6, 6.07) is 9.85. The van der Waals surface area contributed by atoms with Crippen molar-refractivity contribution < 1.29 is 27.4 Å². The number of amides is 1. The quantitative estimate of drug-likeness (QED) is 0.609. The van der Waals surface area contributed by atoms with Crippen molar-refractivity contribution in [2.24, 2.45) is 0 Å². The van der Waals surface area contributed by atoms with Gasteiger partial charge in [-0.15, -0.1) is 0 Å². The predicted molar refractivity (Wildman–Crippen MR) is 133 cm³/mol. The van der Waals surface area contributed by atoms with E-state index < -0.39 is 15.9 Å². The first-order valence-corrected chi connectivity index (χ1v) is 13.0.